The number of amides is 2. The fraction of sp³-hybridized carbons (Fsp3) is 0.250. The minimum absolute atomic E-state index is 0. The number of aromatic nitrogens is 2. The third-order valence-corrected chi connectivity index (χ3v) is 6.08. The highest BCUT2D eigenvalue weighted by Gasteiger charge is 2.31. The van der Waals surface area contributed by atoms with E-state index in [1.807, 2.05) is 0 Å². The van der Waals surface area contributed by atoms with E-state index in [-0.39, 0.29) is 76.2 Å². The van der Waals surface area contributed by atoms with Crippen molar-refractivity contribution in [2.45, 2.75) is 25.8 Å². The maximum atomic E-state index is 12.6. The smallest absolute Gasteiger partial charge is 0.416 e. The fourth-order valence-electron chi connectivity index (χ4n) is 3.80. The van der Waals surface area contributed by atoms with Crippen molar-refractivity contribution < 1.29 is 88.8 Å². The lowest BCUT2D eigenvalue weighted by molar-refractivity contribution is -0.733. The monoisotopic (exact) mass is 752 g/mol. The normalized spacial score (nSPS) is 10.8. The molecule has 0 unspecified atom stereocenters. The molecule has 18 heteroatoms. The minimum Gasteiger partial charge on any atom is -1.00 e. The summed E-state index contributed by atoms with van der Waals surface area (Å²) in [4.78, 5) is 22.1. The number of carbonyl (C=O) groups excluding carboxylic acids is 2. The number of hydrogen-bond donors (Lipinski definition) is 2. The predicted molar refractivity (Wildman–Crippen MR) is 156 cm³/mol. The summed E-state index contributed by atoms with van der Waals surface area (Å²) < 4.78 is 99.8. The van der Waals surface area contributed by atoms with E-state index in [4.69, 9.17) is 30.4 Å². The van der Waals surface area contributed by atoms with Crippen molar-refractivity contribution >= 4 is 11.8 Å². The van der Waals surface area contributed by atoms with Crippen molar-refractivity contribution in [1.29, 1.82) is 0 Å². The highest BCUT2D eigenvalue weighted by atomic mass is 35.5. The van der Waals surface area contributed by atoms with E-state index in [1.54, 1.807) is 45.8 Å². The highest BCUT2D eigenvalue weighted by Crippen LogP contribution is 2.32. The van der Waals surface area contributed by atoms with Crippen LogP contribution in [0.15, 0.2) is 97.6 Å². The number of benzene rings is 2. The van der Waals surface area contributed by atoms with Gasteiger partial charge in [-0.25, -0.2) is 0 Å². The van der Waals surface area contributed by atoms with Gasteiger partial charge in [-0.05, 0) is 48.5 Å². The Morgan fingerprint density at radius 1 is 0.580 bits per heavy atom. The summed E-state index contributed by atoms with van der Waals surface area (Å²) in [5.74, 6) is -0.844. The molecule has 2 amide bonds. The molecule has 272 valence electrons. The van der Waals surface area contributed by atoms with Gasteiger partial charge in [-0.1, -0.05) is 12.1 Å². The van der Waals surface area contributed by atoms with Crippen molar-refractivity contribution in [1.82, 2.24) is 0 Å². The fourth-order valence-corrected chi connectivity index (χ4v) is 3.80. The molecule has 0 atom stereocenters. The molecule has 0 saturated carbocycles. The molecule has 0 aliphatic carbocycles. The molecule has 0 fully saturated rings. The van der Waals surface area contributed by atoms with Crippen molar-refractivity contribution in [3.8, 4) is 11.5 Å². The Labute approximate surface area is 295 Å². The largest absolute Gasteiger partial charge is 1.00 e. The summed E-state index contributed by atoms with van der Waals surface area (Å²) in [6.45, 7) is 0.850. The quantitative estimate of drug-likeness (QED) is 0.0898. The van der Waals surface area contributed by atoms with E-state index in [9.17, 15) is 35.9 Å². The molecule has 4 N–H and O–H groups in total. The second-order valence-electron chi connectivity index (χ2n) is 9.76. The van der Waals surface area contributed by atoms with Crippen LogP contribution in [0.1, 0.15) is 31.8 Å². The topological polar surface area (TPSA) is 131 Å². The number of halogens is 8. The number of pyridine rings is 2. The molecule has 2 aromatic heterocycles. The van der Waals surface area contributed by atoms with Gasteiger partial charge in [0, 0.05) is 12.1 Å². The van der Waals surface area contributed by atoms with Gasteiger partial charge in [0.2, 0.25) is 0 Å². The maximum absolute atomic E-state index is 12.6. The van der Waals surface area contributed by atoms with E-state index in [1.165, 1.54) is 36.7 Å². The van der Waals surface area contributed by atoms with Crippen LogP contribution < -0.4 is 54.9 Å². The summed E-state index contributed by atoms with van der Waals surface area (Å²) in [6.07, 6.45) is -2.35. The molecule has 2 heterocycles. The first-order valence-electron chi connectivity index (χ1n) is 14.1. The van der Waals surface area contributed by atoms with Crippen LogP contribution in [-0.4, -0.2) is 38.2 Å². The number of ether oxygens (including phenoxy) is 4. The number of carbonyl (C=O) groups is 2. The molecule has 0 spiro atoms. The van der Waals surface area contributed by atoms with Crippen LogP contribution in [0.5, 0.6) is 11.5 Å². The Bertz CT molecular complexity index is 1540. The Morgan fingerprint density at radius 3 is 1.30 bits per heavy atom. The van der Waals surface area contributed by atoms with E-state index >= 15 is 0 Å². The van der Waals surface area contributed by atoms with E-state index in [0.29, 0.717) is 11.1 Å². The van der Waals surface area contributed by atoms with Crippen LogP contribution in [0.2, 0.25) is 0 Å². The van der Waals surface area contributed by atoms with Crippen molar-refractivity contribution in [2.24, 2.45) is 11.5 Å². The lowest BCUT2D eigenvalue weighted by atomic mass is 10.2. The van der Waals surface area contributed by atoms with Gasteiger partial charge >= 0.3 is 12.4 Å². The molecule has 4 rings (SSSR count). The Balaban J connectivity index is 0.000000481. The molecule has 0 radical (unpaired) electrons. The van der Waals surface area contributed by atoms with Gasteiger partial charge in [-0.3, -0.25) is 9.59 Å². The van der Waals surface area contributed by atoms with Gasteiger partial charge in [0.1, 0.15) is 35.8 Å². The van der Waals surface area contributed by atoms with Gasteiger partial charge in [0.25, 0.3) is 25.3 Å². The van der Waals surface area contributed by atoms with Gasteiger partial charge in [0.15, 0.2) is 24.8 Å². The zero-order valence-electron chi connectivity index (χ0n) is 26.0. The maximum Gasteiger partial charge on any atom is 0.416 e. The zero-order valence-corrected chi connectivity index (χ0v) is 27.5. The van der Waals surface area contributed by atoms with Crippen LogP contribution in [-0.2, 0) is 35.3 Å². The average Bonchev–Trinajstić information content (AvgIpc) is 3.04. The van der Waals surface area contributed by atoms with Crippen LogP contribution >= 0.6 is 0 Å². The van der Waals surface area contributed by atoms with Crippen LogP contribution in [0.4, 0.5) is 26.3 Å². The lowest BCUT2D eigenvalue weighted by Crippen LogP contribution is -3.00. The predicted octanol–water partition coefficient (Wildman–Crippen LogP) is -1.70. The van der Waals surface area contributed by atoms with Gasteiger partial charge < -0.3 is 55.2 Å². The summed E-state index contributed by atoms with van der Waals surface area (Å²) in [5.41, 5.74) is 9.51. The molecule has 2 aromatic carbocycles. The summed E-state index contributed by atoms with van der Waals surface area (Å²) in [7, 11) is 0. The van der Waals surface area contributed by atoms with Gasteiger partial charge in [0.05, 0.1) is 24.3 Å². The Hall–Kier alpha value is -4.64. The van der Waals surface area contributed by atoms with Gasteiger partial charge in [-0.2, -0.15) is 35.5 Å². The number of nitrogens with two attached hydrogens (primary N) is 2. The SMILES string of the molecule is NC(=O)c1ccc[n+](COCCOc2cccc(C(F)(F)F)c2)c1.NC(=O)c1ccc[n+](COCCOc2cccc(C(F)(F)F)c2)c1.[Cl-].[Cl-]. The molecule has 0 aliphatic heterocycles. The molecule has 4 aromatic rings. The third kappa shape index (κ3) is 15.3. The first-order chi connectivity index (χ1) is 22.7. The number of nitrogens with zero attached hydrogens (tertiary/aromatic N) is 2. The average molecular weight is 754 g/mol. The number of hydrogen-bond acceptors (Lipinski definition) is 6. The van der Waals surface area contributed by atoms with Crippen LogP contribution in [0, 0.1) is 0 Å². The molecule has 0 aliphatic rings. The van der Waals surface area contributed by atoms with Crippen LogP contribution in [0.3, 0.4) is 0 Å². The molecule has 0 saturated heterocycles. The molecular formula is C32H32Cl2F6N4O6. The molecular weight excluding hydrogens is 721 g/mol. The minimum atomic E-state index is -4.40. The Morgan fingerprint density at radius 2 is 0.960 bits per heavy atom. The lowest BCUT2D eigenvalue weighted by Gasteiger charge is -2.10. The van der Waals surface area contributed by atoms with Crippen LogP contribution in [0.25, 0.3) is 0 Å². The second-order valence-corrected chi connectivity index (χ2v) is 9.76. The number of primary amides is 2. The van der Waals surface area contributed by atoms with Crippen molar-refractivity contribution in [3.05, 3.63) is 120 Å². The summed E-state index contributed by atoms with van der Waals surface area (Å²) in [5, 5.41) is 0. The van der Waals surface area contributed by atoms with Gasteiger partial charge in [-0.15, -0.1) is 0 Å². The highest BCUT2D eigenvalue weighted by molar-refractivity contribution is 5.92. The van der Waals surface area contributed by atoms with Crippen molar-refractivity contribution in [2.75, 3.05) is 26.4 Å². The summed E-state index contributed by atoms with van der Waals surface area (Å²) >= 11 is 0. The standard InChI is InChI=1S/2C16H15F3N2O3.2ClH/c2*17-16(18,19)13-4-1-5-14(9-13)24-8-7-23-11-21-6-2-3-12(10-21)15(20)22;;/h2*1-6,9-10H,7-8,11H2,(H-,20,22);2*1H. The van der Waals surface area contributed by atoms with E-state index in [0.717, 1.165) is 24.3 Å². The second kappa shape index (κ2) is 20.8. The van der Waals surface area contributed by atoms with Crippen molar-refractivity contribution in [3.63, 3.8) is 0 Å². The summed E-state index contributed by atoms with van der Waals surface area (Å²) in [6, 6.07) is 15.7. The molecule has 50 heavy (non-hydrogen) atoms. The Kier molecular flexibility index (Phi) is 18.0. The zero-order chi connectivity index (χ0) is 35.2. The third-order valence-electron chi connectivity index (χ3n) is 6.08. The first kappa shape index (κ1) is 43.4. The van der Waals surface area contributed by atoms with E-state index < -0.39 is 35.3 Å². The molecule has 10 nitrogen and oxygen atoms in total. The van der Waals surface area contributed by atoms with E-state index in [2.05, 4.69) is 0 Å². The first-order valence-corrected chi connectivity index (χ1v) is 14.1. The number of rotatable bonds is 14. The number of alkyl halides is 6. The molecule has 0 bridgehead atoms.